The molecule has 2 aromatic rings. The topological polar surface area (TPSA) is 41.0 Å². The largest absolute Gasteiger partial charge is 0.381 e. The zero-order valence-electron chi connectivity index (χ0n) is 17.5. The number of benzene rings is 1. The smallest absolute Gasteiger partial charge is 0.0890 e. The van der Waals surface area contributed by atoms with Gasteiger partial charge in [-0.05, 0) is 51.1 Å². The molecular formula is C24H36N4. The van der Waals surface area contributed by atoms with Crippen molar-refractivity contribution < 1.29 is 2.85 Å². The van der Waals surface area contributed by atoms with Crippen molar-refractivity contribution in [2.75, 3.05) is 20.1 Å². The Hall–Kier alpha value is -2.72. The Kier molecular flexibility index (Phi) is 8.63. The molecule has 1 saturated heterocycles. The average molecular weight is 381 g/mol. The summed E-state index contributed by atoms with van der Waals surface area (Å²) < 4.78 is 0. The van der Waals surface area contributed by atoms with Gasteiger partial charge in [-0.2, -0.15) is 0 Å². The van der Waals surface area contributed by atoms with Crippen LogP contribution in [0.4, 0.5) is 0 Å². The van der Waals surface area contributed by atoms with Crippen molar-refractivity contribution >= 4 is 11.0 Å². The summed E-state index contributed by atoms with van der Waals surface area (Å²) >= 11 is 0. The predicted octanol–water partition coefficient (Wildman–Crippen LogP) is 5.37. The van der Waals surface area contributed by atoms with Gasteiger partial charge in [0.25, 0.3) is 0 Å². The quantitative estimate of drug-likeness (QED) is 0.540. The fourth-order valence-electron chi connectivity index (χ4n) is 3.19. The minimum absolute atomic E-state index is 0. The lowest BCUT2D eigenvalue weighted by Gasteiger charge is -2.33. The van der Waals surface area contributed by atoms with Crippen LogP contribution in [0.2, 0.25) is 0 Å². The van der Waals surface area contributed by atoms with Gasteiger partial charge in [-0.15, -0.1) is 0 Å². The Morgan fingerprint density at radius 1 is 1.25 bits per heavy atom. The van der Waals surface area contributed by atoms with Crippen LogP contribution in [0.1, 0.15) is 29.2 Å². The maximum Gasteiger partial charge on any atom is 0.0890 e. The van der Waals surface area contributed by atoms with Gasteiger partial charge < -0.3 is 10.2 Å². The third-order valence-corrected chi connectivity index (χ3v) is 4.66. The molecule has 4 heteroatoms. The first-order chi connectivity index (χ1) is 13.6. The highest BCUT2D eigenvalue weighted by atomic mass is 15.2. The van der Waals surface area contributed by atoms with Crippen molar-refractivity contribution in [1.82, 2.24) is 20.2 Å². The minimum Gasteiger partial charge on any atom is -0.381 e. The number of nitrogens with zero attached hydrogens (tertiary/aromatic N) is 3. The molecule has 2 heterocycles. The third kappa shape index (κ3) is 6.46. The summed E-state index contributed by atoms with van der Waals surface area (Å²) in [5.41, 5.74) is 5.31. The number of hydrogen-bond donors (Lipinski definition) is 1. The number of rotatable bonds is 6. The summed E-state index contributed by atoms with van der Waals surface area (Å²) in [5, 5.41) is 3.43. The summed E-state index contributed by atoms with van der Waals surface area (Å²) in [6.45, 7) is 13.2. The number of aromatic nitrogens is 2. The first-order valence-electron chi connectivity index (χ1n) is 9.78. The zero-order chi connectivity index (χ0) is 20.4. The first kappa shape index (κ1) is 21.6. The summed E-state index contributed by atoms with van der Waals surface area (Å²) in [7, 11) is 2.15. The molecule has 0 radical (unpaired) electrons. The van der Waals surface area contributed by atoms with Crippen LogP contribution in [0.25, 0.3) is 11.0 Å². The molecule has 1 N–H and O–H groups in total. The fourth-order valence-corrected chi connectivity index (χ4v) is 3.19. The number of allylic oxidation sites excluding steroid dienone is 5. The van der Waals surface area contributed by atoms with Gasteiger partial charge in [0.1, 0.15) is 0 Å². The van der Waals surface area contributed by atoms with Crippen LogP contribution in [0, 0.1) is 5.92 Å². The molecule has 0 amide bonds. The Balaban J connectivity index is 0.000000714. The molecule has 1 aliphatic heterocycles. The van der Waals surface area contributed by atoms with E-state index in [0.717, 1.165) is 29.2 Å². The highest BCUT2D eigenvalue weighted by molar-refractivity contribution is 5.74. The van der Waals surface area contributed by atoms with Crippen molar-refractivity contribution in [3.8, 4) is 0 Å². The summed E-state index contributed by atoms with van der Waals surface area (Å²) in [5.74, 6) is 0.852. The van der Waals surface area contributed by atoms with Gasteiger partial charge in [0, 0.05) is 46.5 Å². The van der Waals surface area contributed by atoms with Gasteiger partial charge >= 0.3 is 0 Å². The molecule has 0 unspecified atom stereocenters. The summed E-state index contributed by atoms with van der Waals surface area (Å²) in [6, 6.07) is 6.14. The van der Waals surface area contributed by atoms with Gasteiger partial charge in [-0.3, -0.25) is 9.97 Å². The second kappa shape index (κ2) is 11.2. The van der Waals surface area contributed by atoms with Crippen molar-refractivity contribution in [3.05, 3.63) is 84.4 Å². The molecule has 1 aliphatic rings. The van der Waals surface area contributed by atoms with Crippen LogP contribution in [0.3, 0.4) is 0 Å². The maximum atomic E-state index is 4.32. The fraction of sp³-hybridized carbons (Fsp3) is 0.333. The van der Waals surface area contributed by atoms with E-state index in [2.05, 4.69) is 78.0 Å². The van der Waals surface area contributed by atoms with E-state index in [-0.39, 0.29) is 2.85 Å². The number of fused-ring (bicyclic) bond motifs is 1. The number of hydrogen-bond acceptors (Lipinski definition) is 4. The maximum absolute atomic E-state index is 4.32. The second-order valence-electron chi connectivity index (χ2n) is 7.03. The van der Waals surface area contributed by atoms with Crippen LogP contribution < -0.4 is 5.32 Å². The average Bonchev–Trinajstić information content (AvgIpc) is 2.68. The molecule has 3 rings (SSSR count). The molecule has 0 saturated carbocycles. The third-order valence-electron chi connectivity index (χ3n) is 4.66. The van der Waals surface area contributed by atoms with Crippen LogP contribution in [-0.2, 0) is 6.54 Å². The SMILES string of the molecule is C/C=C\C1CN(C)C1.C=C/C=C(C)\C(=C/C)NCc1ccc2nccnc2c1.[HH].[HH]. The van der Waals surface area contributed by atoms with Gasteiger partial charge in [0.15, 0.2) is 0 Å². The van der Waals surface area contributed by atoms with Crippen molar-refractivity contribution in [2.45, 2.75) is 27.3 Å². The van der Waals surface area contributed by atoms with Gasteiger partial charge in [-0.1, -0.05) is 43.0 Å². The summed E-state index contributed by atoms with van der Waals surface area (Å²) in [4.78, 5) is 10.9. The van der Waals surface area contributed by atoms with Gasteiger partial charge in [0.2, 0.25) is 0 Å². The summed E-state index contributed by atoms with van der Waals surface area (Å²) in [6.07, 6.45) is 13.7. The van der Waals surface area contributed by atoms with Gasteiger partial charge in [0.05, 0.1) is 11.0 Å². The molecular weight excluding hydrogens is 344 g/mol. The molecule has 1 aromatic heterocycles. The molecule has 152 valence electrons. The van der Waals surface area contributed by atoms with E-state index in [1.807, 2.05) is 19.1 Å². The van der Waals surface area contributed by atoms with Crippen LogP contribution in [-0.4, -0.2) is 35.0 Å². The Morgan fingerprint density at radius 3 is 2.57 bits per heavy atom. The van der Waals surface area contributed by atoms with Crippen LogP contribution in [0.15, 0.2) is 78.8 Å². The standard InChI is InChI=1S/C17H19N3.C7H13N.2H2/c1-4-6-13(3)15(5-2)20-12-14-7-8-16-17(11-14)19-10-9-18-16;1-3-4-7-5-8(2)6-7;;/h4-11,20H,1,12H2,2-3H3;3-4,7H,5-6H2,1-2H3;2*1H/b13-6-,15-5+;4-3-;;. The highest BCUT2D eigenvalue weighted by Gasteiger charge is 2.19. The minimum atomic E-state index is 0. The molecule has 4 nitrogen and oxygen atoms in total. The number of likely N-dealkylation sites (tertiary alicyclic amines) is 1. The van der Waals surface area contributed by atoms with E-state index in [0.29, 0.717) is 0 Å². The Morgan fingerprint density at radius 2 is 1.96 bits per heavy atom. The molecule has 0 atom stereocenters. The van der Waals surface area contributed by atoms with Crippen LogP contribution >= 0.6 is 0 Å². The zero-order valence-corrected chi connectivity index (χ0v) is 17.5. The Labute approximate surface area is 172 Å². The predicted molar refractivity (Wildman–Crippen MR) is 124 cm³/mol. The second-order valence-corrected chi connectivity index (χ2v) is 7.03. The van der Waals surface area contributed by atoms with Crippen molar-refractivity contribution in [2.24, 2.45) is 5.92 Å². The lowest BCUT2D eigenvalue weighted by Crippen LogP contribution is -2.42. The van der Waals surface area contributed by atoms with Crippen molar-refractivity contribution in [1.29, 1.82) is 0 Å². The molecule has 1 aromatic carbocycles. The highest BCUT2D eigenvalue weighted by Crippen LogP contribution is 2.13. The van der Waals surface area contributed by atoms with Crippen LogP contribution in [0.5, 0.6) is 0 Å². The normalized spacial score (nSPS) is 15.9. The monoisotopic (exact) mass is 380 g/mol. The lowest BCUT2D eigenvalue weighted by molar-refractivity contribution is 0.170. The molecule has 28 heavy (non-hydrogen) atoms. The molecule has 0 aliphatic carbocycles. The van der Waals surface area contributed by atoms with E-state index in [9.17, 15) is 0 Å². The van der Waals surface area contributed by atoms with E-state index in [4.69, 9.17) is 0 Å². The van der Waals surface area contributed by atoms with E-state index in [1.165, 1.54) is 24.2 Å². The van der Waals surface area contributed by atoms with E-state index < -0.39 is 0 Å². The Bertz CT molecular complexity index is 868. The number of nitrogens with one attached hydrogen (secondary N) is 1. The van der Waals surface area contributed by atoms with E-state index >= 15 is 0 Å². The van der Waals surface area contributed by atoms with Gasteiger partial charge in [-0.25, -0.2) is 0 Å². The molecule has 0 spiro atoms. The van der Waals surface area contributed by atoms with Crippen molar-refractivity contribution in [3.63, 3.8) is 0 Å². The molecule has 0 bridgehead atoms. The lowest BCUT2D eigenvalue weighted by atomic mass is 10.0. The van der Waals surface area contributed by atoms with E-state index in [1.54, 1.807) is 18.5 Å². The molecule has 1 fully saturated rings. The first-order valence-corrected chi connectivity index (χ1v) is 9.78.